The van der Waals surface area contributed by atoms with Gasteiger partial charge in [-0.1, -0.05) is 19.8 Å². The Kier molecular flexibility index (Phi) is 4.78. The van der Waals surface area contributed by atoms with E-state index in [0.29, 0.717) is 0 Å². The quantitative estimate of drug-likeness (QED) is 0.560. The van der Waals surface area contributed by atoms with E-state index in [1.807, 2.05) is 0 Å². The van der Waals surface area contributed by atoms with Gasteiger partial charge in [-0.05, 0) is 13.3 Å². The predicted molar refractivity (Wildman–Crippen MR) is 39.8 cm³/mol. The monoisotopic (exact) mass is 148 g/mol. The zero-order chi connectivity index (χ0) is 7.28. The Hall–Kier alpha value is -0.0400. The zero-order valence-electron chi connectivity index (χ0n) is 5.98. The lowest BCUT2D eigenvalue weighted by atomic mass is 10.1. The van der Waals surface area contributed by atoms with Gasteiger partial charge in [0.05, 0.1) is 5.38 Å². The van der Waals surface area contributed by atoms with E-state index in [0.717, 1.165) is 19.3 Å². The Labute approximate surface area is 61.4 Å². The van der Waals surface area contributed by atoms with Crippen molar-refractivity contribution in [2.45, 2.75) is 38.5 Å². The highest BCUT2D eigenvalue weighted by atomic mass is 35.5. The summed E-state index contributed by atoms with van der Waals surface area (Å²) in [6.45, 7) is 3.62. The molecule has 0 aliphatic rings. The highest BCUT2D eigenvalue weighted by molar-refractivity contribution is 6.30. The highest BCUT2D eigenvalue weighted by Gasteiger charge is 2.07. The summed E-state index contributed by atoms with van der Waals surface area (Å²) in [7, 11) is 0. The first-order valence-electron chi connectivity index (χ1n) is 3.33. The highest BCUT2D eigenvalue weighted by Crippen LogP contribution is 2.07. The fraction of sp³-hybridized carbons (Fsp3) is 0.857. The van der Waals surface area contributed by atoms with Gasteiger partial charge >= 0.3 is 0 Å². The molecule has 0 N–H and O–H groups in total. The minimum absolute atomic E-state index is 0.0881. The second kappa shape index (κ2) is 4.80. The van der Waals surface area contributed by atoms with Gasteiger partial charge in [-0.25, -0.2) is 0 Å². The number of carbonyl (C=O) groups is 1. The van der Waals surface area contributed by atoms with Crippen molar-refractivity contribution >= 4 is 17.4 Å². The van der Waals surface area contributed by atoms with E-state index in [4.69, 9.17) is 11.6 Å². The SMILES string of the molecule is CCCCC(Cl)C(C)=O. The largest absolute Gasteiger partial charge is 0.298 e. The minimum Gasteiger partial charge on any atom is -0.298 e. The van der Waals surface area contributed by atoms with Crippen LogP contribution in [0.25, 0.3) is 0 Å². The van der Waals surface area contributed by atoms with Crippen LogP contribution in [0, 0.1) is 0 Å². The summed E-state index contributed by atoms with van der Waals surface area (Å²) in [4.78, 5) is 10.5. The third-order valence-corrected chi connectivity index (χ3v) is 1.78. The van der Waals surface area contributed by atoms with E-state index in [1.165, 1.54) is 6.92 Å². The fourth-order valence-electron chi connectivity index (χ4n) is 0.587. The topological polar surface area (TPSA) is 17.1 Å². The second-order valence-corrected chi connectivity index (χ2v) is 2.75. The van der Waals surface area contributed by atoms with E-state index < -0.39 is 0 Å². The summed E-state index contributed by atoms with van der Waals surface area (Å²) in [5.74, 6) is 0.0881. The van der Waals surface area contributed by atoms with Crippen LogP contribution in [-0.4, -0.2) is 11.2 Å². The van der Waals surface area contributed by atoms with Gasteiger partial charge in [0.25, 0.3) is 0 Å². The van der Waals surface area contributed by atoms with Crippen molar-refractivity contribution in [3.63, 3.8) is 0 Å². The molecule has 0 spiro atoms. The lowest BCUT2D eigenvalue weighted by molar-refractivity contribution is -0.116. The van der Waals surface area contributed by atoms with Crippen molar-refractivity contribution in [3.05, 3.63) is 0 Å². The fourth-order valence-corrected chi connectivity index (χ4v) is 0.741. The molecule has 0 saturated carbocycles. The third-order valence-electron chi connectivity index (χ3n) is 1.25. The van der Waals surface area contributed by atoms with E-state index >= 15 is 0 Å². The Morgan fingerprint density at radius 1 is 1.67 bits per heavy atom. The number of Topliss-reactive ketones (excluding diaryl/α,β-unsaturated/α-hetero) is 1. The summed E-state index contributed by atoms with van der Waals surface area (Å²) in [5.41, 5.74) is 0. The van der Waals surface area contributed by atoms with Crippen LogP contribution in [0.15, 0.2) is 0 Å². The summed E-state index contributed by atoms with van der Waals surface area (Å²) < 4.78 is 0. The summed E-state index contributed by atoms with van der Waals surface area (Å²) in [6, 6.07) is 0. The van der Waals surface area contributed by atoms with Gasteiger partial charge in [-0.15, -0.1) is 11.6 Å². The normalized spacial score (nSPS) is 13.2. The predicted octanol–water partition coefficient (Wildman–Crippen LogP) is 2.37. The molecule has 0 rings (SSSR count). The molecule has 1 unspecified atom stereocenters. The molecule has 0 saturated heterocycles. The molecule has 1 nitrogen and oxygen atoms in total. The summed E-state index contributed by atoms with van der Waals surface area (Å²) in [5, 5.41) is -0.245. The Morgan fingerprint density at radius 3 is 2.56 bits per heavy atom. The molecule has 0 bridgehead atoms. The summed E-state index contributed by atoms with van der Waals surface area (Å²) in [6.07, 6.45) is 2.98. The molecule has 2 heteroatoms. The number of ketones is 1. The second-order valence-electron chi connectivity index (χ2n) is 2.22. The summed E-state index contributed by atoms with van der Waals surface area (Å²) >= 11 is 5.64. The lowest BCUT2D eigenvalue weighted by Gasteiger charge is -2.01. The van der Waals surface area contributed by atoms with Crippen molar-refractivity contribution < 1.29 is 4.79 Å². The smallest absolute Gasteiger partial charge is 0.147 e. The van der Waals surface area contributed by atoms with Crippen molar-refractivity contribution in [2.75, 3.05) is 0 Å². The maximum Gasteiger partial charge on any atom is 0.147 e. The van der Waals surface area contributed by atoms with Gasteiger partial charge < -0.3 is 0 Å². The molecule has 0 radical (unpaired) electrons. The van der Waals surface area contributed by atoms with Gasteiger partial charge in [0, 0.05) is 0 Å². The van der Waals surface area contributed by atoms with Crippen molar-refractivity contribution in [1.29, 1.82) is 0 Å². The molecule has 0 aliphatic heterocycles. The number of hydrogen-bond donors (Lipinski definition) is 0. The minimum atomic E-state index is -0.245. The van der Waals surface area contributed by atoms with Crippen LogP contribution in [-0.2, 0) is 4.79 Å². The molecule has 0 fully saturated rings. The van der Waals surface area contributed by atoms with E-state index in [2.05, 4.69) is 6.92 Å². The molecular weight excluding hydrogens is 136 g/mol. The van der Waals surface area contributed by atoms with Crippen LogP contribution in [0.3, 0.4) is 0 Å². The van der Waals surface area contributed by atoms with Gasteiger partial charge in [0.2, 0.25) is 0 Å². The number of rotatable bonds is 4. The van der Waals surface area contributed by atoms with Crippen molar-refractivity contribution in [3.8, 4) is 0 Å². The van der Waals surface area contributed by atoms with Gasteiger partial charge in [-0.3, -0.25) is 4.79 Å². The molecule has 54 valence electrons. The Morgan fingerprint density at radius 2 is 2.22 bits per heavy atom. The van der Waals surface area contributed by atoms with Gasteiger partial charge in [0.1, 0.15) is 5.78 Å². The molecule has 0 aromatic carbocycles. The number of hydrogen-bond acceptors (Lipinski definition) is 1. The first-order chi connectivity index (χ1) is 4.18. The average Bonchev–Trinajstić information content (AvgIpc) is 1.82. The van der Waals surface area contributed by atoms with E-state index in [-0.39, 0.29) is 11.2 Å². The van der Waals surface area contributed by atoms with Crippen LogP contribution < -0.4 is 0 Å². The third kappa shape index (κ3) is 4.46. The molecule has 9 heavy (non-hydrogen) atoms. The molecule has 1 atom stereocenters. The molecule has 0 aromatic rings. The van der Waals surface area contributed by atoms with Gasteiger partial charge in [0.15, 0.2) is 0 Å². The van der Waals surface area contributed by atoms with Crippen LogP contribution in [0.5, 0.6) is 0 Å². The molecule has 0 aromatic heterocycles. The first kappa shape index (κ1) is 8.96. The molecule has 0 aliphatic carbocycles. The van der Waals surface area contributed by atoms with E-state index in [1.54, 1.807) is 0 Å². The standard InChI is InChI=1S/C7H13ClO/c1-3-4-5-7(8)6(2)9/h7H,3-5H2,1-2H3. The molecular formula is C7H13ClO. The maximum absolute atomic E-state index is 10.5. The number of carbonyl (C=O) groups excluding carboxylic acids is 1. The molecule has 0 amide bonds. The number of alkyl halides is 1. The van der Waals surface area contributed by atoms with Crippen molar-refractivity contribution in [2.24, 2.45) is 0 Å². The number of unbranched alkanes of at least 4 members (excludes halogenated alkanes) is 1. The Bertz CT molecular complexity index is 90.9. The van der Waals surface area contributed by atoms with Gasteiger partial charge in [-0.2, -0.15) is 0 Å². The number of halogens is 1. The zero-order valence-corrected chi connectivity index (χ0v) is 6.74. The van der Waals surface area contributed by atoms with Crippen molar-refractivity contribution in [1.82, 2.24) is 0 Å². The van der Waals surface area contributed by atoms with E-state index in [9.17, 15) is 4.79 Å². The maximum atomic E-state index is 10.5. The van der Waals surface area contributed by atoms with Crippen LogP contribution in [0.2, 0.25) is 0 Å². The van der Waals surface area contributed by atoms with Crippen LogP contribution in [0.4, 0.5) is 0 Å². The van der Waals surface area contributed by atoms with Crippen LogP contribution in [0.1, 0.15) is 33.1 Å². The first-order valence-corrected chi connectivity index (χ1v) is 3.76. The Balaban J connectivity index is 3.27. The molecule has 0 heterocycles. The van der Waals surface area contributed by atoms with Crippen LogP contribution >= 0.6 is 11.6 Å². The lowest BCUT2D eigenvalue weighted by Crippen LogP contribution is -2.09. The average molecular weight is 149 g/mol.